The van der Waals surface area contributed by atoms with Gasteiger partial charge >= 0.3 is 5.97 Å². The first kappa shape index (κ1) is 16.2. The first-order valence-corrected chi connectivity index (χ1v) is 7.84. The summed E-state index contributed by atoms with van der Waals surface area (Å²) in [5.74, 6) is 1.06. The molecule has 1 aliphatic heterocycles. The minimum atomic E-state index is -0.264. The van der Waals surface area contributed by atoms with Crippen molar-refractivity contribution in [2.45, 2.75) is 25.7 Å². The second kappa shape index (κ2) is 6.82. The molecule has 0 aliphatic carbocycles. The fourth-order valence-corrected chi connectivity index (χ4v) is 2.76. The van der Waals surface area contributed by atoms with Gasteiger partial charge in [0.2, 0.25) is 12.7 Å². The van der Waals surface area contributed by atoms with Crippen molar-refractivity contribution in [2.75, 3.05) is 13.4 Å². The van der Waals surface area contributed by atoms with Crippen LogP contribution in [0, 0.1) is 0 Å². The highest BCUT2D eigenvalue weighted by atomic mass is 16.7. The molecule has 0 fully saturated rings. The zero-order valence-corrected chi connectivity index (χ0v) is 13.7. The number of esters is 1. The van der Waals surface area contributed by atoms with Crippen LogP contribution in [-0.4, -0.2) is 34.3 Å². The molecule has 1 atom stereocenters. The van der Waals surface area contributed by atoms with E-state index in [1.165, 1.54) is 4.68 Å². The lowest BCUT2D eigenvalue weighted by molar-refractivity contribution is -0.143. The number of benzene rings is 1. The molecule has 1 aromatic heterocycles. The number of aromatic nitrogens is 2. The van der Waals surface area contributed by atoms with Crippen molar-refractivity contribution in [2.24, 2.45) is 7.05 Å². The van der Waals surface area contributed by atoms with Crippen molar-refractivity contribution in [3.8, 4) is 17.4 Å². The Labute approximate surface area is 139 Å². The highest BCUT2D eigenvalue weighted by Crippen LogP contribution is 2.36. The van der Waals surface area contributed by atoms with Crippen molar-refractivity contribution < 1.29 is 24.1 Å². The minimum absolute atomic E-state index is 0.0885. The number of aromatic hydroxyl groups is 1. The fraction of sp³-hybridized carbons (Fsp3) is 0.412. The first-order chi connectivity index (χ1) is 11.6. The number of ether oxygens (including phenoxy) is 3. The average molecular weight is 332 g/mol. The lowest BCUT2D eigenvalue weighted by Crippen LogP contribution is -2.13. The van der Waals surface area contributed by atoms with Gasteiger partial charge in [0.15, 0.2) is 11.5 Å². The molecule has 0 spiro atoms. The summed E-state index contributed by atoms with van der Waals surface area (Å²) >= 11 is 0. The zero-order chi connectivity index (χ0) is 17.1. The normalized spacial score (nSPS) is 13.8. The summed E-state index contributed by atoms with van der Waals surface area (Å²) in [6.07, 6.45) is 0.734. The minimum Gasteiger partial charge on any atom is -0.493 e. The third kappa shape index (κ3) is 3.45. The molecule has 2 aromatic rings. The van der Waals surface area contributed by atoms with Crippen LogP contribution in [0.4, 0.5) is 0 Å². The molecule has 7 heteroatoms. The smallest absolute Gasteiger partial charge is 0.306 e. The zero-order valence-electron chi connectivity index (χ0n) is 13.7. The number of aryl methyl sites for hydroxylation is 1. The molecular weight excluding hydrogens is 312 g/mol. The molecule has 128 valence electrons. The largest absolute Gasteiger partial charge is 0.493 e. The Bertz CT molecular complexity index is 721. The maximum absolute atomic E-state index is 12.0. The van der Waals surface area contributed by atoms with Crippen LogP contribution in [0.15, 0.2) is 24.3 Å². The molecule has 1 aliphatic rings. The van der Waals surface area contributed by atoms with E-state index in [9.17, 15) is 9.90 Å². The van der Waals surface area contributed by atoms with Crippen molar-refractivity contribution in [3.05, 3.63) is 35.5 Å². The van der Waals surface area contributed by atoms with Crippen LogP contribution in [0.2, 0.25) is 0 Å². The standard InChI is InChI=1S/C17H20N2O5/c1-3-22-17(21)8-12(6-13-9-16(20)19(2)18-13)11-4-5-14-15(7-11)24-10-23-14/h4-5,7,9,12,20H,3,6,8,10H2,1-2H3/t12-/m0/s1. The van der Waals surface area contributed by atoms with Gasteiger partial charge in [0, 0.05) is 19.0 Å². The Balaban J connectivity index is 1.84. The molecule has 1 N–H and O–H groups in total. The number of rotatable bonds is 6. The van der Waals surface area contributed by atoms with Crippen LogP contribution >= 0.6 is 0 Å². The van der Waals surface area contributed by atoms with Crippen LogP contribution in [-0.2, 0) is 23.0 Å². The van der Waals surface area contributed by atoms with Crippen LogP contribution in [0.5, 0.6) is 17.4 Å². The van der Waals surface area contributed by atoms with Gasteiger partial charge in [-0.25, -0.2) is 4.68 Å². The van der Waals surface area contributed by atoms with E-state index in [4.69, 9.17) is 14.2 Å². The summed E-state index contributed by atoms with van der Waals surface area (Å²) in [5.41, 5.74) is 1.65. The Morgan fingerprint density at radius 1 is 1.38 bits per heavy atom. The number of hydrogen-bond donors (Lipinski definition) is 1. The molecule has 0 bridgehead atoms. The van der Waals surface area contributed by atoms with E-state index in [2.05, 4.69) is 5.10 Å². The summed E-state index contributed by atoms with van der Waals surface area (Å²) in [5, 5.41) is 13.9. The Kier molecular flexibility index (Phi) is 4.59. The number of hydrogen-bond acceptors (Lipinski definition) is 6. The van der Waals surface area contributed by atoms with Crippen molar-refractivity contribution in [1.82, 2.24) is 9.78 Å². The molecule has 2 heterocycles. The summed E-state index contributed by atoms with van der Waals surface area (Å²) in [6.45, 7) is 2.33. The second-order valence-corrected chi connectivity index (χ2v) is 5.64. The molecule has 1 aromatic carbocycles. The molecular formula is C17H20N2O5. The van der Waals surface area contributed by atoms with E-state index in [1.807, 2.05) is 18.2 Å². The second-order valence-electron chi connectivity index (χ2n) is 5.64. The molecule has 0 saturated heterocycles. The van der Waals surface area contributed by atoms with E-state index in [-0.39, 0.29) is 31.0 Å². The van der Waals surface area contributed by atoms with Crippen molar-refractivity contribution in [1.29, 1.82) is 0 Å². The molecule has 24 heavy (non-hydrogen) atoms. The number of fused-ring (bicyclic) bond motifs is 1. The Hall–Kier alpha value is -2.70. The number of nitrogens with zero attached hydrogens (tertiary/aromatic N) is 2. The fourth-order valence-electron chi connectivity index (χ4n) is 2.76. The van der Waals surface area contributed by atoms with Crippen LogP contribution in [0.25, 0.3) is 0 Å². The Morgan fingerprint density at radius 2 is 2.17 bits per heavy atom. The van der Waals surface area contributed by atoms with E-state index in [0.29, 0.717) is 30.2 Å². The van der Waals surface area contributed by atoms with Gasteiger partial charge in [-0.05, 0) is 31.0 Å². The maximum atomic E-state index is 12.0. The van der Waals surface area contributed by atoms with Gasteiger partial charge in [-0.1, -0.05) is 6.07 Å². The third-order valence-corrected chi connectivity index (χ3v) is 3.95. The highest BCUT2D eigenvalue weighted by Gasteiger charge is 2.22. The lowest BCUT2D eigenvalue weighted by atomic mass is 9.91. The third-order valence-electron chi connectivity index (χ3n) is 3.95. The van der Waals surface area contributed by atoms with Gasteiger partial charge in [-0.3, -0.25) is 4.79 Å². The summed E-state index contributed by atoms with van der Waals surface area (Å²) in [4.78, 5) is 12.0. The molecule has 7 nitrogen and oxygen atoms in total. The highest BCUT2D eigenvalue weighted by molar-refractivity contribution is 5.70. The lowest BCUT2D eigenvalue weighted by Gasteiger charge is -2.16. The predicted octanol–water partition coefficient (Wildman–Crippen LogP) is 2.13. The van der Waals surface area contributed by atoms with E-state index in [0.717, 1.165) is 5.56 Å². The molecule has 0 amide bonds. The number of carbonyl (C=O) groups is 1. The summed E-state index contributed by atoms with van der Waals surface area (Å²) in [7, 11) is 1.67. The topological polar surface area (TPSA) is 82.8 Å². The quantitative estimate of drug-likeness (QED) is 0.816. The van der Waals surface area contributed by atoms with Crippen LogP contribution < -0.4 is 9.47 Å². The van der Waals surface area contributed by atoms with Gasteiger partial charge in [-0.2, -0.15) is 5.10 Å². The Morgan fingerprint density at radius 3 is 2.88 bits per heavy atom. The van der Waals surface area contributed by atoms with E-state index >= 15 is 0 Å². The van der Waals surface area contributed by atoms with Gasteiger partial charge in [0.1, 0.15) is 0 Å². The van der Waals surface area contributed by atoms with E-state index in [1.54, 1.807) is 20.0 Å². The van der Waals surface area contributed by atoms with Crippen LogP contribution in [0.1, 0.15) is 30.5 Å². The van der Waals surface area contributed by atoms with Crippen molar-refractivity contribution >= 4 is 5.97 Å². The summed E-state index contributed by atoms with van der Waals surface area (Å²) in [6, 6.07) is 7.24. The van der Waals surface area contributed by atoms with Gasteiger partial charge in [0.25, 0.3) is 0 Å². The maximum Gasteiger partial charge on any atom is 0.306 e. The average Bonchev–Trinajstić information content (AvgIpc) is 3.13. The monoisotopic (exact) mass is 332 g/mol. The number of carbonyl (C=O) groups excluding carboxylic acids is 1. The van der Waals surface area contributed by atoms with Crippen LogP contribution in [0.3, 0.4) is 0 Å². The molecule has 0 saturated carbocycles. The van der Waals surface area contributed by atoms with Gasteiger partial charge < -0.3 is 19.3 Å². The SMILES string of the molecule is CCOC(=O)C[C@H](Cc1cc(O)n(C)n1)c1ccc2c(c1)OCO2. The van der Waals surface area contributed by atoms with Gasteiger partial charge in [-0.15, -0.1) is 0 Å². The van der Waals surface area contributed by atoms with Crippen molar-refractivity contribution in [3.63, 3.8) is 0 Å². The molecule has 0 unspecified atom stereocenters. The molecule has 3 rings (SSSR count). The summed E-state index contributed by atoms with van der Waals surface area (Å²) < 4.78 is 17.2. The van der Waals surface area contributed by atoms with E-state index < -0.39 is 0 Å². The van der Waals surface area contributed by atoms with Gasteiger partial charge in [0.05, 0.1) is 18.7 Å². The molecule has 0 radical (unpaired) electrons. The first-order valence-electron chi connectivity index (χ1n) is 7.84. The predicted molar refractivity (Wildman–Crippen MR) is 85.1 cm³/mol.